The van der Waals surface area contributed by atoms with Crippen LogP contribution in [0.4, 0.5) is 0 Å². The lowest BCUT2D eigenvalue weighted by Gasteiger charge is -2.03. The van der Waals surface area contributed by atoms with Gasteiger partial charge in [-0.2, -0.15) is 0 Å². The number of nitrogens with zero attached hydrogens (tertiary/aromatic N) is 1. The van der Waals surface area contributed by atoms with Gasteiger partial charge in [-0.3, -0.25) is 4.79 Å². The van der Waals surface area contributed by atoms with E-state index in [-0.39, 0.29) is 5.78 Å². The minimum absolute atomic E-state index is 0.173. The molecule has 3 heteroatoms. The van der Waals surface area contributed by atoms with Crippen molar-refractivity contribution in [2.45, 2.75) is 19.8 Å². The van der Waals surface area contributed by atoms with Gasteiger partial charge in [-0.25, -0.2) is 0 Å². The Bertz CT molecular complexity index is 555. The largest absolute Gasteiger partial charge is 0.341 e. The Balaban J connectivity index is 2.42. The molecular formula is C14H18N2O. The van der Waals surface area contributed by atoms with E-state index in [1.54, 1.807) is 0 Å². The summed E-state index contributed by atoms with van der Waals surface area (Å²) < 4.78 is 1.97. The second kappa shape index (κ2) is 4.72. The van der Waals surface area contributed by atoms with Crippen LogP contribution >= 0.6 is 0 Å². The zero-order valence-corrected chi connectivity index (χ0v) is 10.4. The normalized spacial score (nSPS) is 11.0. The highest BCUT2D eigenvalue weighted by atomic mass is 16.1. The average molecular weight is 230 g/mol. The van der Waals surface area contributed by atoms with Crippen molar-refractivity contribution >= 4 is 16.7 Å². The summed E-state index contributed by atoms with van der Waals surface area (Å²) in [5.41, 5.74) is 8.53. The molecule has 1 heterocycles. The van der Waals surface area contributed by atoms with E-state index in [0.29, 0.717) is 13.0 Å². The van der Waals surface area contributed by atoms with E-state index in [2.05, 4.69) is 25.1 Å². The van der Waals surface area contributed by atoms with Crippen LogP contribution in [0, 0.1) is 6.92 Å². The summed E-state index contributed by atoms with van der Waals surface area (Å²) in [6.07, 6.45) is 1.28. The highest BCUT2D eigenvalue weighted by molar-refractivity contribution is 6.00. The van der Waals surface area contributed by atoms with Crippen LogP contribution in [-0.4, -0.2) is 16.9 Å². The van der Waals surface area contributed by atoms with E-state index in [0.717, 1.165) is 23.0 Å². The van der Waals surface area contributed by atoms with Crippen LogP contribution in [0.3, 0.4) is 0 Å². The molecular weight excluding hydrogens is 212 g/mol. The second-order valence-electron chi connectivity index (χ2n) is 4.47. The topological polar surface area (TPSA) is 48.0 Å². The fraction of sp³-hybridized carbons (Fsp3) is 0.357. The maximum atomic E-state index is 12.0. The highest BCUT2D eigenvalue weighted by Crippen LogP contribution is 2.21. The number of aryl methyl sites for hydroxylation is 2. The van der Waals surface area contributed by atoms with Gasteiger partial charge in [-0.1, -0.05) is 12.1 Å². The first-order valence-electron chi connectivity index (χ1n) is 5.93. The molecule has 0 bridgehead atoms. The van der Waals surface area contributed by atoms with Crippen LogP contribution < -0.4 is 5.73 Å². The first kappa shape index (κ1) is 11.9. The van der Waals surface area contributed by atoms with Gasteiger partial charge < -0.3 is 10.3 Å². The fourth-order valence-electron chi connectivity index (χ4n) is 2.10. The van der Waals surface area contributed by atoms with Gasteiger partial charge in [-0.05, 0) is 37.6 Å². The van der Waals surface area contributed by atoms with Crippen LogP contribution in [0.2, 0.25) is 0 Å². The Kier molecular flexibility index (Phi) is 3.29. The summed E-state index contributed by atoms with van der Waals surface area (Å²) in [4.78, 5) is 12.0. The number of fused-ring (bicyclic) bond motifs is 1. The molecule has 0 radical (unpaired) electrons. The molecule has 0 aliphatic heterocycles. The number of hydrogen-bond donors (Lipinski definition) is 1. The molecule has 0 spiro atoms. The molecule has 0 unspecified atom stereocenters. The first-order chi connectivity index (χ1) is 8.13. The lowest BCUT2D eigenvalue weighted by Crippen LogP contribution is -2.08. The number of ketones is 1. The van der Waals surface area contributed by atoms with E-state index < -0.39 is 0 Å². The maximum absolute atomic E-state index is 12.0. The number of carbonyl (C=O) groups is 1. The van der Waals surface area contributed by atoms with Gasteiger partial charge >= 0.3 is 0 Å². The zero-order chi connectivity index (χ0) is 12.4. The molecule has 17 heavy (non-hydrogen) atoms. The molecule has 1 aromatic heterocycles. The van der Waals surface area contributed by atoms with Crippen LogP contribution in [0.25, 0.3) is 10.9 Å². The summed E-state index contributed by atoms with van der Waals surface area (Å²) in [6, 6.07) is 8.20. The molecule has 3 nitrogen and oxygen atoms in total. The van der Waals surface area contributed by atoms with Crippen molar-refractivity contribution < 1.29 is 4.79 Å². The maximum Gasteiger partial charge on any atom is 0.179 e. The summed E-state index contributed by atoms with van der Waals surface area (Å²) >= 11 is 0. The third kappa shape index (κ3) is 2.24. The number of nitrogens with two attached hydrogens (primary N) is 1. The molecule has 2 aromatic rings. The Morgan fingerprint density at radius 3 is 2.82 bits per heavy atom. The minimum Gasteiger partial charge on any atom is -0.341 e. The standard InChI is InChI=1S/C14H18N2O/c1-10-5-6-11-9-13(14(17)4-3-7-15)16(2)12(11)8-10/h5-6,8-9H,3-4,7,15H2,1-2H3. The predicted octanol–water partition coefficient (Wildman–Crippen LogP) is 2.41. The van der Waals surface area contributed by atoms with Crippen LogP contribution in [-0.2, 0) is 7.05 Å². The van der Waals surface area contributed by atoms with Gasteiger partial charge in [0, 0.05) is 24.4 Å². The predicted molar refractivity (Wildman–Crippen MR) is 70.3 cm³/mol. The number of benzene rings is 1. The third-order valence-electron chi connectivity index (χ3n) is 3.09. The Hall–Kier alpha value is -1.61. The van der Waals surface area contributed by atoms with E-state index in [1.165, 1.54) is 5.56 Å². The molecule has 1 aromatic carbocycles. The molecule has 0 aliphatic rings. The van der Waals surface area contributed by atoms with Gasteiger partial charge in [0.15, 0.2) is 5.78 Å². The average Bonchev–Trinajstić information content (AvgIpc) is 2.64. The summed E-state index contributed by atoms with van der Waals surface area (Å²) in [6.45, 7) is 2.62. The van der Waals surface area contributed by atoms with E-state index >= 15 is 0 Å². The van der Waals surface area contributed by atoms with Crippen LogP contribution in [0.1, 0.15) is 28.9 Å². The summed E-state index contributed by atoms with van der Waals surface area (Å²) in [5.74, 6) is 0.173. The Morgan fingerprint density at radius 2 is 2.12 bits per heavy atom. The molecule has 0 atom stereocenters. The summed E-state index contributed by atoms with van der Waals surface area (Å²) in [7, 11) is 1.94. The fourth-order valence-corrected chi connectivity index (χ4v) is 2.10. The Morgan fingerprint density at radius 1 is 1.35 bits per heavy atom. The van der Waals surface area contributed by atoms with Crippen molar-refractivity contribution in [3.8, 4) is 0 Å². The minimum atomic E-state index is 0.173. The van der Waals surface area contributed by atoms with Crippen molar-refractivity contribution in [2.75, 3.05) is 6.54 Å². The first-order valence-corrected chi connectivity index (χ1v) is 5.93. The summed E-state index contributed by atoms with van der Waals surface area (Å²) in [5, 5.41) is 1.12. The molecule has 0 aliphatic carbocycles. The van der Waals surface area contributed by atoms with Crippen LogP contribution in [0.15, 0.2) is 24.3 Å². The number of hydrogen-bond acceptors (Lipinski definition) is 2. The number of aromatic nitrogens is 1. The molecule has 0 amide bonds. The zero-order valence-electron chi connectivity index (χ0n) is 10.4. The highest BCUT2D eigenvalue weighted by Gasteiger charge is 2.12. The van der Waals surface area contributed by atoms with Crippen molar-refractivity contribution in [3.63, 3.8) is 0 Å². The van der Waals surface area contributed by atoms with Gasteiger partial charge in [0.1, 0.15) is 0 Å². The number of rotatable bonds is 4. The molecule has 0 saturated heterocycles. The lowest BCUT2D eigenvalue weighted by atomic mass is 10.1. The van der Waals surface area contributed by atoms with E-state index in [9.17, 15) is 4.79 Å². The van der Waals surface area contributed by atoms with Crippen LogP contribution in [0.5, 0.6) is 0 Å². The number of carbonyl (C=O) groups excluding carboxylic acids is 1. The van der Waals surface area contributed by atoms with Gasteiger partial charge in [0.2, 0.25) is 0 Å². The smallest absolute Gasteiger partial charge is 0.179 e. The van der Waals surface area contributed by atoms with E-state index in [4.69, 9.17) is 5.73 Å². The molecule has 0 fully saturated rings. The molecule has 2 rings (SSSR count). The SMILES string of the molecule is Cc1ccc2cc(C(=O)CCCN)n(C)c2c1. The monoisotopic (exact) mass is 230 g/mol. The van der Waals surface area contributed by atoms with Crippen molar-refractivity contribution in [3.05, 3.63) is 35.5 Å². The quantitative estimate of drug-likeness (QED) is 0.820. The molecule has 90 valence electrons. The molecule has 2 N–H and O–H groups in total. The Labute approximate surface area is 101 Å². The van der Waals surface area contributed by atoms with Gasteiger partial charge in [-0.15, -0.1) is 0 Å². The third-order valence-corrected chi connectivity index (χ3v) is 3.09. The van der Waals surface area contributed by atoms with Gasteiger partial charge in [0.25, 0.3) is 0 Å². The lowest BCUT2D eigenvalue weighted by molar-refractivity contribution is 0.0973. The molecule has 0 saturated carbocycles. The van der Waals surface area contributed by atoms with Crippen molar-refractivity contribution in [2.24, 2.45) is 12.8 Å². The van der Waals surface area contributed by atoms with Gasteiger partial charge in [0.05, 0.1) is 5.69 Å². The van der Waals surface area contributed by atoms with Crippen molar-refractivity contribution in [1.29, 1.82) is 0 Å². The second-order valence-corrected chi connectivity index (χ2v) is 4.47. The van der Waals surface area contributed by atoms with Crippen molar-refractivity contribution in [1.82, 2.24) is 4.57 Å². The van der Waals surface area contributed by atoms with E-state index in [1.807, 2.05) is 17.7 Å². The number of Topliss-reactive ketones (excluding diaryl/α,β-unsaturated/α-hetero) is 1.